The summed E-state index contributed by atoms with van der Waals surface area (Å²) in [5.74, 6) is 0.775. The summed E-state index contributed by atoms with van der Waals surface area (Å²) in [4.78, 5) is 14.4. The molecule has 0 saturated carbocycles. The lowest BCUT2D eigenvalue weighted by Crippen LogP contribution is -2.21. The van der Waals surface area contributed by atoms with E-state index in [1.807, 2.05) is 30.3 Å². The highest BCUT2D eigenvalue weighted by Crippen LogP contribution is 2.24. The molecule has 0 radical (unpaired) electrons. The molecule has 0 spiro atoms. The van der Waals surface area contributed by atoms with Gasteiger partial charge in [0, 0.05) is 26.6 Å². The van der Waals surface area contributed by atoms with Crippen LogP contribution in [-0.2, 0) is 7.05 Å². The van der Waals surface area contributed by atoms with Gasteiger partial charge < -0.3 is 21.2 Å². The van der Waals surface area contributed by atoms with E-state index in [1.165, 1.54) is 0 Å². The van der Waals surface area contributed by atoms with Gasteiger partial charge in [0.25, 0.3) is 0 Å². The zero-order valence-electron chi connectivity index (χ0n) is 11.4. The van der Waals surface area contributed by atoms with Crippen LogP contribution in [0, 0.1) is 17.0 Å². The molecule has 0 saturated heterocycles. The maximum Gasteiger partial charge on any atom is 0.406 e. The molecule has 0 fully saturated rings. The first-order valence-electron chi connectivity index (χ1n) is 6.22. The van der Waals surface area contributed by atoms with Crippen LogP contribution in [-0.4, -0.2) is 21.0 Å². The third-order valence-electron chi connectivity index (χ3n) is 3.19. The largest absolute Gasteiger partial charge is 0.406 e. The number of nitrogens with zero attached hydrogens (tertiary/aromatic N) is 3. The highest BCUT2D eigenvalue weighted by Gasteiger charge is 2.23. The van der Waals surface area contributed by atoms with Crippen molar-refractivity contribution in [3.05, 3.63) is 51.8 Å². The second-order valence-corrected chi connectivity index (χ2v) is 4.55. The standard InChI is InChI=1S/C13H17N5O2/c1-9-16-13(18(19)20)12(17(9)2)15-8-11(14)10-6-4-3-5-7-10/h3-7,11,15H,8,14H2,1-2H3. The zero-order chi connectivity index (χ0) is 14.7. The SMILES string of the molecule is Cc1nc([N+](=O)[O-])c(NCC(N)c2ccccc2)n1C. The summed E-state index contributed by atoms with van der Waals surface area (Å²) in [6.45, 7) is 2.11. The first-order chi connectivity index (χ1) is 9.50. The van der Waals surface area contributed by atoms with Crippen LogP contribution in [0.1, 0.15) is 17.4 Å². The molecule has 0 aliphatic carbocycles. The summed E-state index contributed by atoms with van der Waals surface area (Å²) in [6, 6.07) is 9.34. The lowest BCUT2D eigenvalue weighted by molar-refractivity contribution is -0.388. The Hall–Kier alpha value is -2.41. The average Bonchev–Trinajstić information content (AvgIpc) is 2.73. The molecule has 7 heteroatoms. The minimum Gasteiger partial charge on any atom is -0.362 e. The summed E-state index contributed by atoms with van der Waals surface area (Å²) < 4.78 is 1.65. The van der Waals surface area contributed by atoms with Gasteiger partial charge in [0.2, 0.25) is 11.6 Å². The van der Waals surface area contributed by atoms with Crippen LogP contribution in [0.3, 0.4) is 0 Å². The first-order valence-corrected chi connectivity index (χ1v) is 6.22. The Balaban J connectivity index is 2.13. The number of nitrogens with one attached hydrogen (secondary N) is 1. The third kappa shape index (κ3) is 2.77. The fraction of sp³-hybridized carbons (Fsp3) is 0.308. The lowest BCUT2D eigenvalue weighted by atomic mass is 10.1. The molecular formula is C13H17N5O2. The molecular weight excluding hydrogens is 258 g/mol. The van der Waals surface area contributed by atoms with Crippen molar-refractivity contribution < 1.29 is 4.92 Å². The summed E-state index contributed by atoms with van der Waals surface area (Å²) in [7, 11) is 1.73. The van der Waals surface area contributed by atoms with E-state index in [9.17, 15) is 10.1 Å². The van der Waals surface area contributed by atoms with E-state index in [0.717, 1.165) is 5.56 Å². The Bertz CT molecular complexity index is 609. The number of nitro groups is 1. The molecule has 20 heavy (non-hydrogen) atoms. The van der Waals surface area contributed by atoms with Crippen molar-refractivity contribution >= 4 is 11.6 Å². The van der Waals surface area contributed by atoms with E-state index < -0.39 is 4.92 Å². The molecule has 2 rings (SSSR count). The summed E-state index contributed by atoms with van der Waals surface area (Å²) in [5.41, 5.74) is 7.04. The van der Waals surface area contributed by atoms with Crippen molar-refractivity contribution in [1.29, 1.82) is 0 Å². The molecule has 1 aromatic carbocycles. The molecule has 3 N–H and O–H groups in total. The minimum absolute atomic E-state index is 0.176. The number of imidazole rings is 1. The first kappa shape index (κ1) is 14.0. The summed E-state index contributed by atoms with van der Waals surface area (Å²) in [6.07, 6.45) is 0. The normalized spacial score (nSPS) is 12.2. The molecule has 0 aliphatic heterocycles. The van der Waals surface area contributed by atoms with Crippen molar-refractivity contribution in [2.24, 2.45) is 12.8 Å². The fourth-order valence-electron chi connectivity index (χ4n) is 1.94. The number of hydrogen-bond acceptors (Lipinski definition) is 5. The Kier molecular flexibility index (Phi) is 3.99. The van der Waals surface area contributed by atoms with E-state index in [1.54, 1.807) is 18.5 Å². The second kappa shape index (κ2) is 5.70. The molecule has 2 aromatic rings. The van der Waals surface area contributed by atoms with Gasteiger partial charge in [-0.05, 0) is 15.5 Å². The average molecular weight is 275 g/mol. The van der Waals surface area contributed by atoms with Crippen molar-refractivity contribution in [3.8, 4) is 0 Å². The van der Waals surface area contributed by atoms with Gasteiger partial charge in [-0.15, -0.1) is 0 Å². The maximum atomic E-state index is 11.0. The van der Waals surface area contributed by atoms with E-state index in [-0.39, 0.29) is 11.9 Å². The smallest absolute Gasteiger partial charge is 0.362 e. The number of nitrogens with two attached hydrogens (primary N) is 1. The molecule has 1 heterocycles. The quantitative estimate of drug-likeness (QED) is 0.639. The van der Waals surface area contributed by atoms with Gasteiger partial charge in [-0.3, -0.25) is 4.57 Å². The Labute approximate surface area is 116 Å². The van der Waals surface area contributed by atoms with Crippen LogP contribution in [0.25, 0.3) is 0 Å². The van der Waals surface area contributed by atoms with E-state index in [0.29, 0.717) is 18.2 Å². The Morgan fingerprint density at radius 3 is 2.70 bits per heavy atom. The monoisotopic (exact) mass is 275 g/mol. The molecule has 1 unspecified atom stereocenters. The number of hydrogen-bond donors (Lipinski definition) is 2. The third-order valence-corrected chi connectivity index (χ3v) is 3.19. The van der Waals surface area contributed by atoms with Crippen LogP contribution in [0.5, 0.6) is 0 Å². The highest BCUT2D eigenvalue weighted by molar-refractivity contribution is 5.53. The topological polar surface area (TPSA) is 99.0 Å². The molecule has 0 bridgehead atoms. The molecule has 106 valence electrons. The number of rotatable bonds is 5. The van der Waals surface area contributed by atoms with E-state index in [4.69, 9.17) is 5.73 Å². The number of aryl methyl sites for hydroxylation is 1. The lowest BCUT2D eigenvalue weighted by Gasteiger charge is -2.13. The minimum atomic E-state index is -0.497. The van der Waals surface area contributed by atoms with Crippen molar-refractivity contribution in [2.75, 3.05) is 11.9 Å². The Morgan fingerprint density at radius 1 is 1.45 bits per heavy atom. The summed E-state index contributed by atoms with van der Waals surface area (Å²) >= 11 is 0. The number of aromatic nitrogens is 2. The van der Waals surface area contributed by atoms with Crippen molar-refractivity contribution in [1.82, 2.24) is 9.55 Å². The maximum absolute atomic E-state index is 11.0. The molecule has 1 aromatic heterocycles. The van der Waals surface area contributed by atoms with Crippen LogP contribution in [0.2, 0.25) is 0 Å². The molecule has 0 amide bonds. The van der Waals surface area contributed by atoms with Crippen LogP contribution < -0.4 is 11.1 Å². The fourth-order valence-corrected chi connectivity index (χ4v) is 1.94. The van der Waals surface area contributed by atoms with Gasteiger partial charge in [-0.1, -0.05) is 30.3 Å². The van der Waals surface area contributed by atoms with Gasteiger partial charge in [-0.2, -0.15) is 0 Å². The molecule has 7 nitrogen and oxygen atoms in total. The second-order valence-electron chi connectivity index (χ2n) is 4.55. The van der Waals surface area contributed by atoms with E-state index >= 15 is 0 Å². The molecule has 1 atom stereocenters. The summed E-state index contributed by atoms with van der Waals surface area (Å²) in [5, 5.41) is 14.0. The Morgan fingerprint density at radius 2 is 2.10 bits per heavy atom. The number of benzene rings is 1. The van der Waals surface area contributed by atoms with Gasteiger partial charge in [-0.25, -0.2) is 0 Å². The van der Waals surface area contributed by atoms with E-state index in [2.05, 4.69) is 10.3 Å². The van der Waals surface area contributed by atoms with Gasteiger partial charge in [0.05, 0.1) is 0 Å². The number of anilines is 1. The van der Waals surface area contributed by atoms with Crippen molar-refractivity contribution in [2.45, 2.75) is 13.0 Å². The predicted octanol–water partition coefficient (Wildman–Crippen LogP) is 1.75. The van der Waals surface area contributed by atoms with Crippen LogP contribution in [0.15, 0.2) is 30.3 Å². The van der Waals surface area contributed by atoms with Gasteiger partial charge in [0.15, 0.2) is 0 Å². The highest BCUT2D eigenvalue weighted by atomic mass is 16.6. The predicted molar refractivity (Wildman–Crippen MR) is 76.5 cm³/mol. The van der Waals surface area contributed by atoms with Crippen LogP contribution >= 0.6 is 0 Å². The van der Waals surface area contributed by atoms with Gasteiger partial charge >= 0.3 is 5.82 Å². The van der Waals surface area contributed by atoms with Crippen molar-refractivity contribution in [3.63, 3.8) is 0 Å². The zero-order valence-corrected chi connectivity index (χ0v) is 11.4. The van der Waals surface area contributed by atoms with Gasteiger partial charge in [0.1, 0.15) is 0 Å². The molecule has 0 aliphatic rings. The van der Waals surface area contributed by atoms with Crippen LogP contribution in [0.4, 0.5) is 11.6 Å².